The number of anilines is 1. The maximum absolute atomic E-state index is 12.6. The molecule has 0 aliphatic carbocycles. The second kappa shape index (κ2) is 7.10. The van der Waals surface area contributed by atoms with Crippen LogP contribution in [0.2, 0.25) is 0 Å². The van der Waals surface area contributed by atoms with Crippen LogP contribution in [-0.2, 0) is 11.2 Å². The van der Waals surface area contributed by atoms with Crippen LogP contribution < -0.4 is 5.32 Å². The minimum absolute atomic E-state index is 0.0205. The first-order valence-corrected chi connectivity index (χ1v) is 9.32. The van der Waals surface area contributed by atoms with Crippen molar-refractivity contribution in [3.05, 3.63) is 83.9 Å². The van der Waals surface area contributed by atoms with Crippen LogP contribution in [0.1, 0.15) is 11.1 Å². The number of amides is 1. The molecule has 26 heavy (non-hydrogen) atoms. The van der Waals surface area contributed by atoms with Gasteiger partial charge >= 0.3 is 0 Å². The van der Waals surface area contributed by atoms with E-state index in [-0.39, 0.29) is 5.91 Å². The van der Waals surface area contributed by atoms with Gasteiger partial charge in [0.15, 0.2) is 0 Å². The van der Waals surface area contributed by atoms with Gasteiger partial charge in [0.1, 0.15) is 5.01 Å². The summed E-state index contributed by atoms with van der Waals surface area (Å²) in [6, 6.07) is 23.9. The first-order chi connectivity index (χ1) is 12.7. The molecule has 1 amide bonds. The predicted octanol–water partition coefficient (Wildman–Crippen LogP) is 5.45. The van der Waals surface area contributed by atoms with E-state index in [4.69, 9.17) is 4.98 Å². The van der Waals surface area contributed by atoms with E-state index in [1.807, 2.05) is 73.7 Å². The lowest BCUT2D eigenvalue weighted by Gasteiger charge is -2.10. The molecule has 0 radical (unpaired) electrons. The summed E-state index contributed by atoms with van der Waals surface area (Å²) in [4.78, 5) is 17.3. The average molecular weight is 358 g/mol. The molecule has 3 aromatic carbocycles. The van der Waals surface area contributed by atoms with Crippen LogP contribution in [0.3, 0.4) is 0 Å². The SMILES string of the molecule is Cc1ccccc1CC(=O)Nc1ccccc1-c1nc2ccccc2s1. The Morgan fingerprint density at radius 1 is 0.962 bits per heavy atom. The lowest BCUT2D eigenvalue weighted by atomic mass is 10.1. The number of fused-ring (bicyclic) bond motifs is 1. The fraction of sp³-hybridized carbons (Fsp3) is 0.0909. The van der Waals surface area contributed by atoms with E-state index in [0.717, 1.165) is 37.6 Å². The molecule has 0 fully saturated rings. The number of aryl methyl sites for hydroxylation is 1. The average Bonchev–Trinajstić information content (AvgIpc) is 3.08. The van der Waals surface area contributed by atoms with Crippen LogP contribution in [0.15, 0.2) is 72.8 Å². The molecule has 0 atom stereocenters. The number of aromatic nitrogens is 1. The van der Waals surface area contributed by atoms with Crippen molar-refractivity contribution in [2.75, 3.05) is 5.32 Å². The van der Waals surface area contributed by atoms with Crippen LogP contribution in [0, 0.1) is 6.92 Å². The largest absolute Gasteiger partial charge is 0.325 e. The quantitative estimate of drug-likeness (QED) is 0.527. The summed E-state index contributed by atoms with van der Waals surface area (Å²) < 4.78 is 1.14. The summed E-state index contributed by atoms with van der Waals surface area (Å²) in [6.45, 7) is 2.03. The Morgan fingerprint density at radius 2 is 1.69 bits per heavy atom. The lowest BCUT2D eigenvalue weighted by molar-refractivity contribution is -0.115. The molecule has 4 rings (SSSR count). The van der Waals surface area contributed by atoms with Gasteiger partial charge in [-0.3, -0.25) is 4.79 Å². The first-order valence-electron chi connectivity index (χ1n) is 8.50. The molecule has 0 saturated heterocycles. The van der Waals surface area contributed by atoms with E-state index < -0.39 is 0 Å². The van der Waals surface area contributed by atoms with Crippen LogP contribution in [-0.4, -0.2) is 10.9 Å². The van der Waals surface area contributed by atoms with Gasteiger partial charge in [0, 0.05) is 5.56 Å². The first kappa shape index (κ1) is 16.5. The molecule has 1 aromatic heterocycles. The van der Waals surface area contributed by atoms with Gasteiger partial charge in [-0.15, -0.1) is 11.3 Å². The molecule has 0 saturated carbocycles. The third-order valence-electron chi connectivity index (χ3n) is 4.34. The van der Waals surface area contributed by atoms with Gasteiger partial charge < -0.3 is 5.32 Å². The van der Waals surface area contributed by atoms with Crippen molar-refractivity contribution in [2.45, 2.75) is 13.3 Å². The Balaban J connectivity index is 1.61. The van der Waals surface area contributed by atoms with Crippen molar-refractivity contribution in [1.82, 2.24) is 4.98 Å². The number of para-hydroxylation sites is 2. The highest BCUT2D eigenvalue weighted by molar-refractivity contribution is 7.21. The number of thiazole rings is 1. The Labute approximate surface area is 156 Å². The highest BCUT2D eigenvalue weighted by Gasteiger charge is 2.13. The second-order valence-corrected chi connectivity index (χ2v) is 7.21. The molecular formula is C22H18N2OS. The van der Waals surface area contributed by atoms with Crippen LogP contribution in [0.5, 0.6) is 0 Å². The van der Waals surface area contributed by atoms with Gasteiger partial charge in [0.25, 0.3) is 0 Å². The molecule has 0 spiro atoms. The monoisotopic (exact) mass is 358 g/mol. The van der Waals surface area contributed by atoms with E-state index in [1.54, 1.807) is 11.3 Å². The molecule has 1 heterocycles. The van der Waals surface area contributed by atoms with E-state index in [2.05, 4.69) is 11.4 Å². The zero-order valence-electron chi connectivity index (χ0n) is 14.4. The summed E-state index contributed by atoms with van der Waals surface area (Å²) in [5.41, 5.74) is 4.90. The Kier molecular flexibility index (Phi) is 4.50. The Hall–Kier alpha value is -2.98. The normalized spacial score (nSPS) is 10.8. The van der Waals surface area contributed by atoms with Crippen molar-refractivity contribution < 1.29 is 4.79 Å². The predicted molar refractivity (Wildman–Crippen MR) is 109 cm³/mol. The van der Waals surface area contributed by atoms with E-state index in [1.165, 1.54) is 0 Å². The fourth-order valence-corrected chi connectivity index (χ4v) is 3.95. The molecule has 3 nitrogen and oxygen atoms in total. The van der Waals surface area contributed by atoms with Crippen molar-refractivity contribution in [2.24, 2.45) is 0 Å². The number of nitrogens with zero attached hydrogens (tertiary/aromatic N) is 1. The summed E-state index contributed by atoms with van der Waals surface area (Å²) >= 11 is 1.64. The molecular weight excluding hydrogens is 340 g/mol. The summed E-state index contributed by atoms with van der Waals surface area (Å²) in [6.07, 6.45) is 0.362. The molecule has 4 aromatic rings. The highest BCUT2D eigenvalue weighted by atomic mass is 32.1. The molecule has 4 heteroatoms. The Bertz CT molecular complexity index is 1050. The minimum atomic E-state index is -0.0205. The minimum Gasteiger partial charge on any atom is -0.325 e. The molecule has 0 unspecified atom stereocenters. The van der Waals surface area contributed by atoms with E-state index >= 15 is 0 Å². The molecule has 0 aliphatic rings. The van der Waals surface area contributed by atoms with Crippen LogP contribution in [0.4, 0.5) is 5.69 Å². The maximum atomic E-state index is 12.6. The van der Waals surface area contributed by atoms with Crippen molar-refractivity contribution >= 4 is 33.1 Å². The Morgan fingerprint density at radius 3 is 2.54 bits per heavy atom. The van der Waals surface area contributed by atoms with Crippen LogP contribution in [0.25, 0.3) is 20.8 Å². The lowest BCUT2D eigenvalue weighted by Crippen LogP contribution is -2.15. The summed E-state index contributed by atoms with van der Waals surface area (Å²) in [5, 5.41) is 3.97. The van der Waals surface area contributed by atoms with E-state index in [9.17, 15) is 4.79 Å². The molecule has 0 bridgehead atoms. The second-order valence-electron chi connectivity index (χ2n) is 6.18. The van der Waals surface area contributed by atoms with E-state index in [0.29, 0.717) is 6.42 Å². The number of carbonyl (C=O) groups excluding carboxylic acids is 1. The smallest absolute Gasteiger partial charge is 0.228 e. The van der Waals surface area contributed by atoms with Gasteiger partial charge in [0.2, 0.25) is 5.91 Å². The number of rotatable bonds is 4. The molecule has 0 aliphatic heterocycles. The number of hydrogen-bond acceptors (Lipinski definition) is 3. The van der Waals surface area contributed by atoms with Crippen LogP contribution >= 0.6 is 11.3 Å². The zero-order chi connectivity index (χ0) is 17.9. The molecule has 1 N–H and O–H groups in total. The standard InChI is InChI=1S/C22H18N2OS/c1-15-8-2-3-9-16(15)14-21(25)23-18-11-5-4-10-17(18)22-24-19-12-6-7-13-20(19)26-22/h2-13H,14H2,1H3,(H,23,25). The highest BCUT2D eigenvalue weighted by Crippen LogP contribution is 2.34. The maximum Gasteiger partial charge on any atom is 0.228 e. The molecule has 128 valence electrons. The third kappa shape index (κ3) is 3.37. The third-order valence-corrected chi connectivity index (χ3v) is 5.41. The van der Waals surface area contributed by atoms with Gasteiger partial charge in [-0.05, 0) is 42.3 Å². The number of benzene rings is 3. The number of hydrogen-bond donors (Lipinski definition) is 1. The van der Waals surface area contributed by atoms with Crippen molar-refractivity contribution in [3.8, 4) is 10.6 Å². The van der Waals surface area contributed by atoms with Gasteiger partial charge in [-0.2, -0.15) is 0 Å². The van der Waals surface area contributed by atoms with Gasteiger partial charge in [0.05, 0.1) is 22.3 Å². The summed E-state index contributed by atoms with van der Waals surface area (Å²) in [7, 11) is 0. The number of nitrogens with one attached hydrogen (secondary N) is 1. The van der Waals surface area contributed by atoms with Crippen molar-refractivity contribution in [3.63, 3.8) is 0 Å². The topological polar surface area (TPSA) is 42.0 Å². The summed E-state index contributed by atoms with van der Waals surface area (Å²) in [5.74, 6) is -0.0205. The zero-order valence-corrected chi connectivity index (χ0v) is 15.2. The van der Waals surface area contributed by atoms with Crippen molar-refractivity contribution in [1.29, 1.82) is 0 Å². The van der Waals surface area contributed by atoms with Gasteiger partial charge in [-0.25, -0.2) is 4.98 Å². The van der Waals surface area contributed by atoms with Gasteiger partial charge in [-0.1, -0.05) is 48.5 Å². The fourth-order valence-electron chi connectivity index (χ4n) is 2.94. The number of carbonyl (C=O) groups is 1.